The first-order valence-electron chi connectivity index (χ1n) is 6.59. The molecule has 1 aliphatic rings. The predicted octanol–water partition coefficient (Wildman–Crippen LogP) is 1.41. The number of aliphatic hydroxyl groups excluding tert-OH is 1. The molecular formula is C14H18ClN3O2. The minimum atomic E-state index is -0.596. The largest absolute Gasteiger partial charge is 0.390 e. The van der Waals surface area contributed by atoms with Crippen molar-refractivity contribution >= 4 is 23.0 Å². The molecule has 1 fully saturated rings. The highest BCUT2D eigenvalue weighted by Gasteiger charge is 2.15. The second-order valence-corrected chi connectivity index (χ2v) is 4.94. The SMILES string of the molecule is N#Cc1cc(NCC(O)CCl)ccc1N1CCOCC1. The zero-order valence-corrected chi connectivity index (χ0v) is 11.9. The van der Waals surface area contributed by atoms with Gasteiger partial charge >= 0.3 is 0 Å². The lowest BCUT2D eigenvalue weighted by Crippen LogP contribution is -2.36. The summed E-state index contributed by atoms with van der Waals surface area (Å²) < 4.78 is 5.32. The summed E-state index contributed by atoms with van der Waals surface area (Å²) in [6.07, 6.45) is -0.596. The van der Waals surface area contributed by atoms with E-state index >= 15 is 0 Å². The van der Waals surface area contributed by atoms with Crippen LogP contribution in [0.4, 0.5) is 11.4 Å². The third kappa shape index (κ3) is 3.76. The number of halogens is 1. The van der Waals surface area contributed by atoms with E-state index in [0.29, 0.717) is 25.3 Å². The van der Waals surface area contributed by atoms with Crippen molar-refractivity contribution in [2.75, 3.05) is 48.9 Å². The Labute approximate surface area is 123 Å². The van der Waals surface area contributed by atoms with Crippen LogP contribution in [0, 0.1) is 11.3 Å². The molecule has 1 heterocycles. The number of nitriles is 1. The molecule has 2 rings (SSSR count). The van der Waals surface area contributed by atoms with Gasteiger partial charge < -0.3 is 20.1 Å². The van der Waals surface area contributed by atoms with Crippen molar-refractivity contribution < 1.29 is 9.84 Å². The zero-order chi connectivity index (χ0) is 14.4. The number of hydrogen-bond donors (Lipinski definition) is 2. The van der Waals surface area contributed by atoms with Gasteiger partial charge in [-0.1, -0.05) is 0 Å². The Morgan fingerprint density at radius 2 is 2.20 bits per heavy atom. The lowest BCUT2D eigenvalue weighted by molar-refractivity contribution is 0.122. The maximum absolute atomic E-state index is 9.42. The summed E-state index contributed by atoms with van der Waals surface area (Å²) in [5.41, 5.74) is 2.36. The molecule has 1 aliphatic heterocycles. The lowest BCUT2D eigenvalue weighted by atomic mass is 10.1. The van der Waals surface area contributed by atoms with Gasteiger partial charge in [-0.2, -0.15) is 5.26 Å². The summed E-state index contributed by atoms with van der Waals surface area (Å²) in [5, 5.41) is 21.8. The van der Waals surface area contributed by atoms with Crippen molar-refractivity contribution in [3.05, 3.63) is 23.8 Å². The first kappa shape index (κ1) is 14.9. The number of morpholine rings is 1. The Morgan fingerprint density at radius 3 is 2.85 bits per heavy atom. The Balaban J connectivity index is 2.09. The normalized spacial score (nSPS) is 16.6. The van der Waals surface area contributed by atoms with E-state index in [0.717, 1.165) is 24.5 Å². The van der Waals surface area contributed by atoms with Crippen LogP contribution in [0.25, 0.3) is 0 Å². The molecule has 1 aromatic rings. The van der Waals surface area contributed by atoms with Crippen LogP contribution in [-0.2, 0) is 4.74 Å². The highest BCUT2D eigenvalue weighted by Crippen LogP contribution is 2.24. The summed E-state index contributed by atoms with van der Waals surface area (Å²) in [7, 11) is 0. The maximum Gasteiger partial charge on any atom is 0.101 e. The van der Waals surface area contributed by atoms with Gasteiger partial charge in [0.05, 0.1) is 36.4 Å². The monoisotopic (exact) mass is 295 g/mol. The fraction of sp³-hybridized carbons (Fsp3) is 0.500. The Hall–Kier alpha value is -1.48. The molecule has 0 aliphatic carbocycles. The maximum atomic E-state index is 9.42. The van der Waals surface area contributed by atoms with Gasteiger partial charge in [0, 0.05) is 25.3 Å². The molecule has 1 atom stereocenters. The molecule has 0 amide bonds. The molecular weight excluding hydrogens is 278 g/mol. The van der Waals surface area contributed by atoms with Crippen LogP contribution in [0.1, 0.15) is 5.56 Å². The van der Waals surface area contributed by atoms with Crippen LogP contribution in [0.15, 0.2) is 18.2 Å². The number of rotatable bonds is 5. The fourth-order valence-corrected chi connectivity index (χ4v) is 2.21. The summed E-state index contributed by atoms with van der Waals surface area (Å²) in [6.45, 7) is 3.34. The number of nitrogens with zero attached hydrogens (tertiary/aromatic N) is 2. The fourth-order valence-electron chi connectivity index (χ4n) is 2.11. The molecule has 6 heteroatoms. The van der Waals surface area contributed by atoms with Crippen LogP contribution in [0.2, 0.25) is 0 Å². The standard InChI is InChI=1S/C14H18ClN3O2/c15-8-13(19)10-17-12-1-2-14(11(7-12)9-16)18-3-5-20-6-4-18/h1-2,7,13,17,19H,3-6,8,10H2. The van der Waals surface area contributed by atoms with Crippen LogP contribution in [-0.4, -0.2) is 49.9 Å². The lowest BCUT2D eigenvalue weighted by Gasteiger charge is -2.29. The van der Waals surface area contributed by atoms with Gasteiger partial charge in [0.2, 0.25) is 0 Å². The van der Waals surface area contributed by atoms with Crippen LogP contribution in [0.5, 0.6) is 0 Å². The van der Waals surface area contributed by atoms with E-state index < -0.39 is 6.10 Å². The summed E-state index contributed by atoms with van der Waals surface area (Å²) in [6, 6.07) is 7.86. The molecule has 1 aromatic carbocycles. The molecule has 5 nitrogen and oxygen atoms in total. The molecule has 2 N–H and O–H groups in total. The molecule has 0 saturated carbocycles. The zero-order valence-electron chi connectivity index (χ0n) is 11.2. The van der Waals surface area contributed by atoms with E-state index in [2.05, 4.69) is 16.3 Å². The number of nitrogens with one attached hydrogen (secondary N) is 1. The highest BCUT2D eigenvalue weighted by atomic mass is 35.5. The summed E-state index contributed by atoms with van der Waals surface area (Å²) >= 11 is 5.54. The summed E-state index contributed by atoms with van der Waals surface area (Å²) in [5.74, 6) is 0.184. The van der Waals surface area contributed by atoms with E-state index in [4.69, 9.17) is 16.3 Å². The number of aliphatic hydroxyl groups is 1. The highest BCUT2D eigenvalue weighted by molar-refractivity contribution is 6.18. The molecule has 1 unspecified atom stereocenters. The van der Waals surface area contributed by atoms with Crippen molar-refractivity contribution in [3.63, 3.8) is 0 Å². The van der Waals surface area contributed by atoms with E-state index in [-0.39, 0.29) is 5.88 Å². The van der Waals surface area contributed by atoms with E-state index in [1.165, 1.54) is 0 Å². The average Bonchev–Trinajstić information content (AvgIpc) is 2.53. The van der Waals surface area contributed by atoms with Gasteiger partial charge in [0.15, 0.2) is 0 Å². The smallest absolute Gasteiger partial charge is 0.101 e. The third-order valence-corrected chi connectivity index (χ3v) is 3.54. The second-order valence-electron chi connectivity index (χ2n) is 4.63. The van der Waals surface area contributed by atoms with Gasteiger partial charge in [-0.3, -0.25) is 0 Å². The van der Waals surface area contributed by atoms with Crippen LogP contribution < -0.4 is 10.2 Å². The van der Waals surface area contributed by atoms with E-state index in [1.54, 1.807) is 6.07 Å². The van der Waals surface area contributed by atoms with E-state index in [9.17, 15) is 10.4 Å². The number of anilines is 2. The van der Waals surface area contributed by atoms with Gasteiger partial charge in [0.1, 0.15) is 6.07 Å². The average molecular weight is 296 g/mol. The van der Waals surface area contributed by atoms with E-state index in [1.807, 2.05) is 12.1 Å². The molecule has 20 heavy (non-hydrogen) atoms. The Bertz CT molecular complexity index is 484. The number of benzene rings is 1. The first-order chi connectivity index (χ1) is 9.74. The number of hydrogen-bond acceptors (Lipinski definition) is 5. The molecule has 0 bridgehead atoms. The molecule has 108 valence electrons. The molecule has 1 saturated heterocycles. The molecule has 0 aromatic heterocycles. The van der Waals surface area contributed by atoms with Gasteiger partial charge in [-0.05, 0) is 18.2 Å². The number of ether oxygens (including phenoxy) is 1. The Kier molecular flexibility index (Phi) is 5.48. The quantitative estimate of drug-likeness (QED) is 0.804. The van der Waals surface area contributed by atoms with Crippen LogP contribution >= 0.6 is 11.6 Å². The molecule has 0 spiro atoms. The van der Waals surface area contributed by atoms with Crippen molar-refractivity contribution in [3.8, 4) is 6.07 Å². The third-order valence-electron chi connectivity index (χ3n) is 3.19. The summed E-state index contributed by atoms with van der Waals surface area (Å²) in [4.78, 5) is 2.15. The van der Waals surface area contributed by atoms with Gasteiger partial charge in [-0.25, -0.2) is 0 Å². The second kappa shape index (κ2) is 7.34. The van der Waals surface area contributed by atoms with Crippen molar-refractivity contribution in [2.45, 2.75) is 6.10 Å². The minimum absolute atomic E-state index is 0.184. The minimum Gasteiger partial charge on any atom is -0.390 e. The van der Waals surface area contributed by atoms with Crippen molar-refractivity contribution in [2.24, 2.45) is 0 Å². The van der Waals surface area contributed by atoms with Crippen molar-refractivity contribution in [1.82, 2.24) is 0 Å². The molecule has 0 radical (unpaired) electrons. The topological polar surface area (TPSA) is 68.5 Å². The van der Waals surface area contributed by atoms with Crippen LogP contribution in [0.3, 0.4) is 0 Å². The number of alkyl halides is 1. The Morgan fingerprint density at radius 1 is 1.45 bits per heavy atom. The van der Waals surface area contributed by atoms with Gasteiger partial charge in [-0.15, -0.1) is 11.6 Å². The first-order valence-corrected chi connectivity index (χ1v) is 7.13. The van der Waals surface area contributed by atoms with Gasteiger partial charge in [0.25, 0.3) is 0 Å². The predicted molar refractivity (Wildman–Crippen MR) is 79.4 cm³/mol. The van der Waals surface area contributed by atoms with Crippen molar-refractivity contribution in [1.29, 1.82) is 5.26 Å².